The summed E-state index contributed by atoms with van der Waals surface area (Å²) in [6.45, 7) is 0. The SMILES string of the molecule is ClC1(Cl)CC1CSc1nc2ccccc2s1. The van der Waals surface area contributed by atoms with Crippen molar-refractivity contribution in [1.82, 2.24) is 4.98 Å². The molecule has 0 N–H and O–H groups in total. The number of benzene rings is 1. The normalized spacial score (nSPS) is 22.5. The lowest BCUT2D eigenvalue weighted by Gasteiger charge is -1.96. The number of thiazole rings is 1. The molecule has 3 rings (SSSR count). The van der Waals surface area contributed by atoms with E-state index < -0.39 is 4.33 Å². The van der Waals surface area contributed by atoms with Crippen LogP contribution < -0.4 is 0 Å². The number of nitrogens with zero attached hydrogens (tertiary/aromatic N) is 1. The molecular formula is C11H9Cl2NS2. The van der Waals surface area contributed by atoms with Gasteiger partial charge in [-0.05, 0) is 18.6 Å². The van der Waals surface area contributed by atoms with Gasteiger partial charge in [0, 0.05) is 11.7 Å². The molecule has 1 heterocycles. The molecule has 1 saturated carbocycles. The minimum atomic E-state index is -0.469. The Morgan fingerprint density at radius 1 is 1.44 bits per heavy atom. The van der Waals surface area contributed by atoms with Gasteiger partial charge in [-0.1, -0.05) is 23.9 Å². The highest BCUT2D eigenvalue weighted by Gasteiger charge is 2.51. The summed E-state index contributed by atoms with van der Waals surface area (Å²) < 4.78 is 1.88. The van der Waals surface area contributed by atoms with Gasteiger partial charge in [0.2, 0.25) is 0 Å². The summed E-state index contributed by atoms with van der Waals surface area (Å²) in [5.41, 5.74) is 1.08. The first-order valence-corrected chi connectivity index (χ1v) is 7.57. The van der Waals surface area contributed by atoms with Gasteiger partial charge in [-0.15, -0.1) is 34.5 Å². The van der Waals surface area contributed by atoms with Gasteiger partial charge >= 0.3 is 0 Å². The van der Waals surface area contributed by atoms with Gasteiger partial charge in [-0.2, -0.15) is 0 Å². The number of hydrogen-bond donors (Lipinski definition) is 0. The average molecular weight is 290 g/mol. The van der Waals surface area contributed by atoms with Crippen molar-refractivity contribution in [2.75, 3.05) is 5.75 Å². The van der Waals surface area contributed by atoms with Crippen molar-refractivity contribution < 1.29 is 0 Å². The molecule has 1 aromatic heterocycles. The Labute approximate surface area is 112 Å². The predicted molar refractivity (Wildman–Crippen MR) is 72.9 cm³/mol. The molecule has 1 aliphatic carbocycles. The second-order valence-electron chi connectivity index (χ2n) is 3.92. The summed E-state index contributed by atoms with van der Waals surface area (Å²) >= 11 is 15.5. The highest BCUT2D eigenvalue weighted by molar-refractivity contribution is 8.01. The Bertz CT molecular complexity index is 490. The van der Waals surface area contributed by atoms with Crippen LogP contribution in [0.25, 0.3) is 10.2 Å². The van der Waals surface area contributed by atoms with E-state index in [2.05, 4.69) is 11.1 Å². The van der Waals surface area contributed by atoms with Crippen LogP contribution in [0, 0.1) is 5.92 Å². The average Bonchev–Trinajstić information content (AvgIpc) is 2.72. The monoisotopic (exact) mass is 289 g/mol. The lowest BCUT2D eigenvalue weighted by atomic mass is 10.3. The largest absolute Gasteiger partial charge is 0.230 e. The molecular weight excluding hydrogens is 281 g/mol. The first-order valence-electron chi connectivity index (χ1n) is 5.01. The Morgan fingerprint density at radius 2 is 2.19 bits per heavy atom. The molecule has 1 nitrogen and oxygen atoms in total. The molecule has 1 fully saturated rings. The number of alkyl halides is 2. The lowest BCUT2D eigenvalue weighted by Crippen LogP contribution is -1.92. The Hall–Kier alpha value is 0.0400. The molecule has 0 bridgehead atoms. The first kappa shape index (κ1) is 11.1. The number of hydrogen-bond acceptors (Lipinski definition) is 3. The van der Waals surface area contributed by atoms with Crippen molar-refractivity contribution in [1.29, 1.82) is 0 Å². The van der Waals surface area contributed by atoms with Gasteiger partial charge in [-0.3, -0.25) is 0 Å². The Balaban J connectivity index is 1.70. The van der Waals surface area contributed by atoms with E-state index in [4.69, 9.17) is 23.2 Å². The highest BCUT2D eigenvalue weighted by atomic mass is 35.5. The lowest BCUT2D eigenvalue weighted by molar-refractivity contribution is 0.978. The molecule has 1 unspecified atom stereocenters. The molecule has 16 heavy (non-hydrogen) atoms. The molecule has 1 aromatic carbocycles. The fourth-order valence-electron chi connectivity index (χ4n) is 1.54. The zero-order valence-corrected chi connectivity index (χ0v) is 11.5. The molecule has 5 heteroatoms. The van der Waals surface area contributed by atoms with Gasteiger partial charge in [-0.25, -0.2) is 4.98 Å². The van der Waals surface area contributed by atoms with E-state index in [-0.39, 0.29) is 0 Å². The second kappa shape index (κ2) is 4.05. The molecule has 0 saturated heterocycles. The second-order valence-corrected chi connectivity index (χ2v) is 7.76. The van der Waals surface area contributed by atoms with Gasteiger partial charge in [0.15, 0.2) is 4.34 Å². The Morgan fingerprint density at radius 3 is 2.88 bits per heavy atom. The van der Waals surface area contributed by atoms with E-state index in [1.165, 1.54) is 4.70 Å². The van der Waals surface area contributed by atoms with Crippen molar-refractivity contribution in [2.24, 2.45) is 5.92 Å². The van der Waals surface area contributed by atoms with Crippen molar-refractivity contribution in [3.63, 3.8) is 0 Å². The third-order valence-corrected chi connectivity index (χ3v) is 5.91. The minimum absolute atomic E-state index is 0.424. The van der Waals surface area contributed by atoms with Gasteiger partial charge < -0.3 is 0 Å². The van der Waals surface area contributed by atoms with Crippen LogP contribution in [-0.2, 0) is 0 Å². The van der Waals surface area contributed by atoms with E-state index in [9.17, 15) is 0 Å². The third-order valence-electron chi connectivity index (χ3n) is 2.64. The molecule has 0 amide bonds. The van der Waals surface area contributed by atoms with Crippen LogP contribution in [0.5, 0.6) is 0 Å². The zero-order valence-electron chi connectivity index (χ0n) is 8.32. The molecule has 0 radical (unpaired) electrons. The quantitative estimate of drug-likeness (QED) is 0.606. The van der Waals surface area contributed by atoms with Crippen molar-refractivity contribution in [2.45, 2.75) is 15.1 Å². The van der Waals surface area contributed by atoms with Crippen LogP contribution in [0.1, 0.15) is 6.42 Å². The first-order chi connectivity index (χ1) is 7.65. The summed E-state index contributed by atoms with van der Waals surface area (Å²) in [6, 6.07) is 8.19. The van der Waals surface area contributed by atoms with Crippen LogP contribution in [0.2, 0.25) is 0 Å². The number of rotatable bonds is 3. The molecule has 1 aliphatic rings. The van der Waals surface area contributed by atoms with Gasteiger partial charge in [0.05, 0.1) is 10.2 Å². The summed E-state index contributed by atoms with van der Waals surface area (Å²) in [4.78, 5) is 4.56. The predicted octanol–water partition coefficient (Wildman–Crippen LogP) is 4.58. The fourth-order valence-corrected chi connectivity index (χ4v) is 4.56. The van der Waals surface area contributed by atoms with E-state index >= 15 is 0 Å². The van der Waals surface area contributed by atoms with Crippen molar-refractivity contribution in [3.8, 4) is 0 Å². The summed E-state index contributed by atoms with van der Waals surface area (Å²) in [5.74, 6) is 1.39. The van der Waals surface area contributed by atoms with Crippen LogP contribution in [0.3, 0.4) is 0 Å². The molecule has 84 valence electrons. The van der Waals surface area contributed by atoms with E-state index in [0.717, 1.165) is 22.0 Å². The van der Waals surface area contributed by atoms with Crippen molar-refractivity contribution in [3.05, 3.63) is 24.3 Å². The molecule has 1 atom stereocenters. The maximum Gasteiger partial charge on any atom is 0.151 e. The van der Waals surface area contributed by atoms with Crippen LogP contribution in [0.4, 0.5) is 0 Å². The number of thioether (sulfide) groups is 1. The summed E-state index contributed by atoms with van der Waals surface area (Å²) in [7, 11) is 0. The molecule has 2 aromatic rings. The van der Waals surface area contributed by atoms with Crippen LogP contribution >= 0.6 is 46.3 Å². The number of aromatic nitrogens is 1. The van der Waals surface area contributed by atoms with Crippen LogP contribution in [-0.4, -0.2) is 15.1 Å². The summed E-state index contributed by atoms with van der Waals surface area (Å²) in [5, 5.41) is 0. The minimum Gasteiger partial charge on any atom is -0.230 e. The number of para-hydroxylation sites is 1. The molecule has 0 aliphatic heterocycles. The van der Waals surface area contributed by atoms with E-state index in [0.29, 0.717) is 5.92 Å². The fraction of sp³-hybridized carbons (Fsp3) is 0.364. The topological polar surface area (TPSA) is 12.9 Å². The third kappa shape index (κ3) is 2.19. The smallest absolute Gasteiger partial charge is 0.151 e. The molecule has 0 spiro atoms. The maximum atomic E-state index is 5.99. The Kier molecular flexibility index (Phi) is 2.83. The maximum absolute atomic E-state index is 5.99. The van der Waals surface area contributed by atoms with Crippen molar-refractivity contribution >= 4 is 56.5 Å². The van der Waals surface area contributed by atoms with Gasteiger partial charge in [0.1, 0.15) is 4.33 Å². The van der Waals surface area contributed by atoms with E-state index in [1.54, 1.807) is 23.1 Å². The number of fused-ring (bicyclic) bond motifs is 1. The zero-order chi connectivity index (χ0) is 11.2. The summed E-state index contributed by atoms with van der Waals surface area (Å²) in [6.07, 6.45) is 0.911. The standard InChI is InChI=1S/C11H9Cl2NS2/c12-11(13)5-7(11)6-15-10-14-8-3-1-2-4-9(8)16-10/h1-4,7H,5-6H2. The van der Waals surface area contributed by atoms with Gasteiger partial charge in [0.25, 0.3) is 0 Å². The van der Waals surface area contributed by atoms with E-state index in [1.807, 2.05) is 18.2 Å². The highest BCUT2D eigenvalue weighted by Crippen LogP contribution is 2.55. The number of halogens is 2. The van der Waals surface area contributed by atoms with Crippen LogP contribution in [0.15, 0.2) is 28.6 Å².